The van der Waals surface area contributed by atoms with Gasteiger partial charge in [0, 0.05) is 0 Å². The van der Waals surface area contributed by atoms with Crippen molar-refractivity contribution in [2.45, 2.75) is 39.3 Å². The average molecular weight is 414 g/mol. The van der Waals surface area contributed by atoms with Crippen LogP contribution in [0.4, 0.5) is 0 Å². The van der Waals surface area contributed by atoms with E-state index in [1.165, 1.54) is 0 Å². The molecule has 0 aliphatic heterocycles. The highest BCUT2D eigenvalue weighted by Gasteiger charge is 2.20. The summed E-state index contributed by atoms with van der Waals surface area (Å²) in [7, 11) is 0. The lowest BCUT2D eigenvalue weighted by atomic mass is 9.85. The highest BCUT2D eigenvalue weighted by atomic mass is 16.3. The number of para-hydroxylation sites is 2. The SMILES string of the molecule is CC(C)(C)c1ccc(O)c(C(=O)Cn2c(=N)n(Cc3ccccc3)c3ccccc32)c1. The number of fused-ring (bicyclic) bond motifs is 1. The molecule has 0 bridgehead atoms. The summed E-state index contributed by atoms with van der Waals surface area (Å²) in [6, 6.07) is 22.9. The number of aromatic nitrogens is 2. The van der Waals surface area contributed by atoms with Crippen LogP contribution in [-0.4, -0.2) is 20.0 Å². The fourth-order valence-electron chi connectivity index (χ4n) is 3.84. The monoisotopic (exact) mass is 413 g/mol. The van der Waals surface area contributed by atoms with Gasteiger partial charge in [0.25, 0.3) is 0 Å². The van der Waals surface area contributed by atoms with Gasteiger partial charge in [-0.15, -0.1) is 0 Å². The smallest absolute Gasteiger partial charge is 0.203 e. The molecule has 0 saturated carbocycles. The number of nitrogens with one attached hydrogen (secondary N) is 1. The molecule has 0 radical (unpaired) electrons. The Kier molecular flexibility index (Phi) is 5.27. The van der Waals surface area contributed by atoms with Gasteiger partial charge in [-0.1, -0.05) is 69.3 Å². The number of nitrogens with zero attached hydrogens (tertiary/aromatic N) is 2. The van der Waals surface area contributed by atoms with Gasteiger partial charge in [-0.2, -0.15) is 0 Å². The molecule has 4 rings (SSSR count). The van der Waals surface area contributed by atoms with Crippen LogP contribution in [0.25, 0.3) is 11.0 Å². The zero-order valence-electron chi connectivity index (χ0n) is 18.1. The van der Waals surface area contributed by atoms with Gasteiger partial charge in [0.1, 0.15) is 5.75 Å². The lowest BCUT2D eigenvalue weighted by Crippen LogP contribution is -2.28. The second kappa shape index (κ2) is 7.91. The van der Waals surface area contributed by atoms with Crippen molar-refractivity contribution < 1.29 is 9.90 Å². The molecule has 0 spiro atoms. The number of imidazole rings is 1. The van der Waals surface area contributed by atoms with Crippen molar-refractivity contribution in [3.63, 3.8) is 0 Å². The molecule has 158 valence electrons. The molecular weight excluding hydrogens is 386 g/mol. The highest BCUT2D eigenvalue weighted by Crippen LogP contribution is 2.28. The number of aromatic hydroxyl groups is 1. The van der Waals surface area contributed by atoms with E-state index in [4.69, 9.17) is 5.41 Å². The maximum absolute atomic E-state index is 13.2. The van der Waals surface area contributed by atoms with E-state index in [2.05, 4.69) is 20.8 Å². The van der Waals surface area contributed by atoms with Gasteiger partial charge in [-0.25, -0.2) is 0 Å². The number of carbonyl (C=O) groups excluding carboxylic acids is 1. The molecule has 0 unspecified atom stereocenters. The van der Waals surface area contributed by atoms with E-state index in [1.807, 2.05) is 65.2 Å². The molecule has 0 aliphatic carbocycles. The van der Waals surface area contributed by atoms with Gasteiger partial charge >= 0.3 is 0 Å². The third kappa shape index (κ3) is 4.04. The summed E-state index contributed by atoms with van der Waals surface area (Å²) < 4.78 is 3.62. The van der Waals surface area contributed by atoms with Crippen molar-refractivity contribution in [3.8, 4) is 5.75 Å². The lowest BCUT2D eigenvalue weighted by molar-refractivity contribution is 0.0968. The number of carbonyl (C=O) groups is 1. The number of ketones is 1. The Morgan fingerprint density at radius 1 is 0.903 bits per heavy atom. The van der Waals surface area contributed by atoms with E-state index >= 15 is 0 Å². The van der Waals surface area contributed by atoms with Crippen LogP contribution in [-0.2, 0) is 18.5 Å². The number of rotatable bonds is 5. The molecule has 5 nitrogen and oxygen atoms in total. The first-order chi connectivity index (χ1) is 14.8. The van der Waals surface area contributed by atoms with E-state index in [0.717, 1.165) is 22.2 Å². The molecule has 4 aromatic rings. The summed E-state index contributed by atoms with van der Waals surface area (Å²) in [5.74, 6) is -0.247. The third-order valence-electron chi connectivity index (χ3n) is 5.62. The Bertz CT molecular complexity index is 1310. The van der Waals surface area contributed by atoms with Gasteiger partial charge in [0.2, 0.25) is 5.62 Å². The van der Waals surface area contributed by atoms with Crippen LogP contribution in [0, 0.1) is 5.41 Å². The zero-order valence-corrected chi connectivity index (χ0v) is 18.1. The number of phenols is 1. The minimum absolute atomic E-state index is 0.0116. The second-order valence-corrected chi connectivity index (χ2v) is 8.88. The average Bonchev–Trinajstić information content (AvgIpc) is 3.00. The van der Waals surface area contributed by atoms with E-state index in [0.29, 0.717) is 12.1 Å². The topological polar surface area (TPSA) is 71.0 Å². The molecule has 1 aromatic heterocycles. The Morgan fingerprint density at radius 2 is 1.52 bits per heavy atom. The van der Waals surface area contributed by atoms with Crippen molar-refractivity contribution in [3.05, 3.63) is 95.1 Å². The largest absolute Gasteiger partial charge is 0.507 e. The minimum Gasteiger partial charge on any atom is -0.507 e. The van der Waals surface area contributed by atoms with Gasteiger partial charge in [0.15, 0.2) is 5.78 Å². The summed E-state index contributed by atoms with van der Waals surface area (Å²) in [4.78, 5) is 13.2. The molecule has 31 heavy (non-hydrogen) atoms. The van der Waals surface area contributed by atoms with Crippen LogP contribution in [0.2, 0.25) is 0 Å². The molecular formula is C26H27N3O2. The van der Waals surface area contributed by atoms with Gasteiger partial charge in [-0.3, -0.25) is 10.2 Å². The quantitative estimate of drug-likeness (QED) is 0.459. The van der Waals surface area contributed by atoms with Crippen LogP contribution < -0.4 is 5.62 Å². The van der Waals surface area contributed by atoms with Crippen LogP contribution in [0.1, 0.15) is 42.3 Å². The zero-order chi connectivity index (χ0) is 22.2. The first-order valence-corrected chi connectivity index (χ1v) is 10.4. The van der Waals surface area contributed by atoms with Crippen molar-refractivity contribution >= 4 is 16.8 Å². The molecule has 0 atom stereocenters. The van der Waals surface area contributed by atoms with E-state index in [9.17, 15) is 9.90 Å². The number of hydrogen-bond donors (Lipinski definition) is 2. The highest BCUT2D eigenvalue weighted by molar-refractivity contribution is 5.99. The molecule has 0 aliphatic rings. The maximum Gasteiger partial charge on any atom is 0.203 e. The number of Topliss-reactive ketones (excluding diaryl/α,β-unsaturated/α-hetero) is 1. The summed E-state index contributed by atoms with van der Waals surface area (Å²) in [6.07, 6.45) is 0. The van der Waals surface area contributed by atoms with Crippen LogP contribution in [0.5, 0.6) is 5.75 Å². The van der Waals surface area contributed by atoms with E-state index in [1.54, 1.807) is 16.7 Å². The third-order valence-corrected chi connectivity index (χ3v) is 5.62. The Morgan fingerprint density at radius 3 is 2.16 bits per heavy atom. The number of benzene rings is 3. The van der Waals surface area contributed by atoms with Gasteiger partial charge in [0.05, 0.1) is 29.7 Å². The first kappa shape index (κ1) is 20.7. The standard InChI is InChI=1S/C26H27N3O2/c1-26(2,3)19-13-14-23(30)20(15-19)24(31)17-29-22-12-8-7-11-21(22)28(25(29)27)16-18-9-5-4-6-10-18/h4-15,27,30H,16-17H2,1-3H3. The Balaban J connectivity index is 1.75. The predicted molar refractivity (Wildman–Crippen MR) is 122 cm³/mol. The summed E-state index contributed by atoms with van der Waals surface area (Å²) in [6.45, 7) is 6.75. The van der Waals surface area contributed by atoms with Crippen LogP contribution in [0.3, 0.4) is 0 Å². The fraction of sp³-hybridized carbons (Fsp3) is 0.231. The van der Waals surface area contributed by atoms with Crippen LogP contribution in [0.15, 0.2) is 72.8 Å². The summed E-state index contributed by atoms with van der Waals surface area (Å²) in [5, 5.41) is 19.1. The minimum atomic E-state index is -0.218. The molecule has 0 amide bonds. The number of phenolic OH excluding ortho intramolecular Hbond substituents is 1. The second-order valence-electron chi connectivity index (χ2n) is 8.88. The normalized spacial score (nSPS) is 11.7. The molecule has 5 heteroatoms. The molecule has 0 saturated heterocycles. The first-order valence-electron chi connectivity index (χ1n) is 10.4. The van der Waals surface area contributed by atoms with Crippen molar-refractivity contribution in [2.75, 3.05) is 0 Å². The van der Waals surface area contributed by atoms with Crippen molar-refractivity contribution in [1.82, 2.24) is 9.13 Å². The molecule has 3 aromatic carbocycles. The molecule has 1 heterocycles. The van der Waals surface area contributed by atoms with Crippen molar-refractivity contribution in [1.29, 1.82) is 5.41 Å². The van der Waals surface area contributed by atoms with E-state index < -0.39 is 0 Å². The molecule has 2 N–H and O–H groups in total. The predicted octanol–water partition coefficient (Wildman–Crippen LogP) is 4.86. The Hall–Kier alpha value is -3.60. The fourth-order valence-corrected chi connectivity index (χ4v) is 3.84. The molecule has 0 fully saturated rings. The maximum atomic E-state index is 13.2. The van der Waals surface area contributed by atoms with E-state index in [-0.39, 0.29) is 29.1 Å². The summed E-state index contributed by atoms with van der Waals surface area (Å²) >= 11 is 0. The Labute approximate surface area is 181 Å². The van der Waals surface area contributed by atoms with Crippen molar-refractivity contribution in [2.24, 2.45) is 0 Å². The number of hydrogen-bond acceptors (Lipinski definition) is 3. The lowest BCUT2D eigenvalue weighted by Gasteiger charge is -2.20. The summed E-state index contributed by atoms with van der Waals surface area (Å²) in [5.41, 5.74) is 4.20. The van der Waals surface area contributed by atoms with Gasteiger partial charge < -0.3 is 14.2 Å². The van der Waals surface area contributed by atoms with Crippen LogP contribution >= 0.6 is 0 Å². The van der Waals surface area contributed by atoms with Gasteiger partial charge in [-0.05, 0) is 40.8 Å².